The maximum Gasteiger partial charge on any atom is 0.263 e. The predicted octanol–water partition coefficient (Wildman–Crippen LogP) is 4.51. The average molecular weight is 385 g/mol. The number of fused-ring (bicyclic) bond motifs is 2. The molecule has 0 spiro atoms. The van der Waals surface area contributed by atoms with Gasteiger partial charge in [-0.05, 0) is 36.4 Å². The van der Waals surface area contributed by atoms with E-state index in [1.807, 2.05) is 54.6 Å². The van der Waals surface area contributed by atoms with Gasteiger partial charge in [-0.3, -0.25) is 9.79 Å². The van der Waals surface area contributed by atoms with Crippen molar-refractivity contribution in [3.63, 3.8) is 0 Å². The largest absolute Gasteiger partial charge is 0.506 e. The van der Waals surface area contributed by atoms with Crippen LogP contribution in [-0.4, -0.2) is 15.4 Å². The number of hydrogen-bond donors (Lipinski definition) is 2. The Labute approximate surface area is 166 Å². The zero-order valence-electron chi connectivity index (χ0n) is 15.8. The van der Waals surface area contributed by atoms with Gasteiger partial charge in [0, 0.05) is 18.9 Å². The van der Waals surface area contributed by atoms with E-state index in [1.165, 1.54) is 0 Å². The minimum Gasteiger partial charge on any atom is -0.506 e. The second-order valence-electron chi connectivity index (χ2n) is 7.10. The number of furan rings is 1. The molecule has 6 heteroatoms. The number of nitrogens with zero attached hydrogens (tertiary/aromatic N) is 2. The molecule has 144 valence electrons. The van der Waals surface area contributed by atoms with Gasteiger partial charge >= 0.3 is 0 Å². The van der Waals surface area contributed by atoms with Crippen molar-refractivity contribution in [2.45, 2.75) is 12.5 Å². The van der Waals surface area contributed by atoms with Crippen molar-refractivity contribution in [3.05, 3.63) is 88.6 Å². The molecule has 0 bridgehead atoms. The zero-order valence-corrected chi connectivity index (χ0v) is 15.8. The summed E-state index contributed by atoms with van der Waals surface area (Å²) in [5.41, 5.74) is 2.70. The SMILES string of the molecule is Cn1c(=O)c(C2=Nc3ccccc3NC(c3ccco3)C2)c(O)c2ccccc21. The van der Waals surface area contributed by atoms with Gasteiger partial charge in [0.05, 0.1) is 34.9 Å². The van der Waals surface area contributed by atoms with Crippen LogP contribution in [0.4, 0.5) is 11.4 Å². The number of aromatic nitrogens is 1. The average Bonchev–Trinajstić information content (AvgIpc) is 3.21. The van der Waals surface area contributed by atoms with Crippen LogP contribution in [-0.2, 0) is 7.05 Å². The Balaban J connectivity index is 1.76. The Hall–Kier alpha value is -3.80. The number of pyridine rings is 1. The minimum atomic E-state index is -0.280. The van der Waals surface area contributed by atoms with Crippen molar-refractivity contribution in [1.82, 2.24) is 4.57 Å². The lowest BCUT2D eigenvalue weighted by Gasteiger charge is -2.17. The Bertz CT molecular complexity index is 1300. The first-order valence-electron chi connectivity index (χ1n) is 9.41. The lowest BCUT2D eigenvalue weighted by Crippen LogP contribution is -2.26. The summed E-state index contributed by atoms with van der Waals surface area (Å²) < 4.78 is 7.17. The highest BCUT2D eigenvalue weighted by Gasteiger charge is 2.27. The quantitative estimate of drug-likeness (QED) is 0.532. The van der Waals surface area contributed by atoms with Gasteiger partial charge in [-0.15, -0.1) is 0 Å². The summed E-state index contributed by atoms with van der Waals surface area (Å²) in [4.78, 5) is 18.0. The summed E-state index contributed by atoms with van der Waals surface area (Å²) in [7, 11) is 1.71. The molecule has 0 fully saturated rings. The van der Waals surface area contributed by atoms with Gasteiger partial charge in [0.2, 0.25) is 0 Å². The van der Waals surface area contributed by atoms with E-state index in [1.54, 1.807) is 23.9 Å². The van der Waals surface area contributed by atoms with Gasteiger partial charge < -0.3 is 19.4 Å². The highest BCUT2D eigenvalue weighted by Crippen LogP contribution is 2.37. The summed E-state index contributed by atoms with van der Waals surface area (Å²) >= 11 is 0. The number of anilines is 1. The summed E-state index contributed by atoms with van der Waals surface area (Å²) in [5.74, 6) is 0.700. The number of aliphatic imine (C=N–C) groups is 1. The molecule has 2 aromatic heterocycles. The standard InChI is InChI=1S/C23H19N3O3/c1-26-19-10-5-2-7-14(19)22(27)21(23(26)28)18-13-17(20-11-6-12-29-20)24-15-8-3-4-9-16(15)25-18/h2-12,17,24,27H,13H2,1H3. The zero-order chi connectivity index (χ0) is 20.0. The third kappa shape index (κ3) is 2.81. The Morgan fingerprint density at radius 2 is 1.90 bits per heavy atom. The molecule has 0 saturated heterocycles. The number of aromatic hydroxyl groups is 1. The summed E-state index contributed by atoms with van der Waals surface area (Å²) in [6, 6.07) is 18.5. The van der Waals surface area contributed by atoms with Gasteiger partial charge in [0.15, 0.2) is 0 Å². The lowest BCUT2D eigenvalue weighted by molar-refractivity contribution is 0.475. The molecule has 0 amide bonds. The molecule has 1 atom stereocenters. The van der Waals surface area contributed by atoms with Crippen LogP contribution in [0.25, 0.3) is 10.9 Å². The van der Waals surface area contributed by atoms with Gasteiger partial charge in [-0.25, -0.2) is 0 Å². The number of nitrogens with one attached hydrogen (secondary N) is 1. The second-order valence-corrected chi connectivity index (χ2v) is 7.10. The Morgan fingerprint density at radius 3 is 2.72 bits per heavy atom. The van der Waals surface area contributed by atoms with Crippen molar-refractivity contribution >= 4 is 28.0 Å². The van der Waals surface area contributed by atoms with Crippen LogP contribution >= 0.6 is 0 Å². The van der Waals surface area contributed by atoms with E-state index in [0.717, 1.165) is 11.4 Å². The Kier molecular flexibility index (Phi) is 3.98. The molecular formula is C23H19N3O3. The fourth-order valence-electron chi connectivity index (χ4n) is 3.88. The molecule has 2 aromatic carbocycles. The fraction of sp³-hybridized carbons (Fsp3) is 0.130. The maximum atomic E-state index is 13.2. The molecule has 0 radical (unpaired) electrons. The first kappa shape index (κ1) is 17.3. The van der Waals surface area contributed by atoms with Gasteiger partial charge in [-0.2, -0.15) is 0 Å². The molecule has 0 aliphatic carbocycles. The van der Waals surface area contributed by atoms with E-state index in [2.05, 4.69) is 5.32 Å². The molecule has 1 unspecified atom stereocenters. The topological polar surface area (TPSA) is 79.8 Å². The molecule has 4 aromatic rings. The third-order valence-corrected chi connectivity index (χ3v) is 5.34. The molecular weight excluding hydrogens is 366 g/mol. The van der Waals surface area contributed by atoms with Crippen LogP contribution in [0.15, 0.2) is 81.1 Å². The minimum absolute atomic E-state index is 0.0416. The molecule has 1 aliphatic heterocycles. The highest BCUT2D eigenvalue weighted by molar-refractivity contribution is 6.08. The number of aryl methyl sites for hydroxylation is 1. The number of rotatable bonds is 2. The second kappa shape index (κ2) is 6.67. The first-order valence-corrected chi connectivity index (χ1v) is 9.41. The third-order valence-electron chi connectivity index (χ3n) is 5.34. The molecule has 2 N–H and O–H groups in total. The van der Waals surface area contributed by atoms with Crippen LogP contribution in [0.1, 0.15) is 23.8 Å². The van der Waals surface area contributed by atoms with Crippen molar-refractivity contribution in [2.24, 2.45) is 12.0 Å². The van der Waals surface area contributed by atoms with Crippen molar-refractivity contribution in [3.8, 4) is 5.75 Å². The van der Waals surface area contributed by atoms with E-state index in [0.29, 0.717) is 28.7 Å². The first-order chi connectivity index (χ1) is 14.1. The number of hydrogen-bond acceptors (Lipinski definition) is 5. The van der Waals surface area contributed by atoms with E-state index >= 15 is 0 Å². The van der Waals surface area contributed by atoms with Crippen molar-refractivity contribution < 1.29 is 9.52 Å². The molecule has 6 nitrogen and oxygen atoms in total. The van der Waals surface area contributed by atoms with Crippen molar-refractivity contribution in [2.75, 3.05) is 5.32 Å². The van der Waals surface area contributed by atoms with E-state index in [9.17, 15) is 9.90 Å². The summed E-state index contributed by atoms with van der Waals surface area (Å²) in [6.45, 7) is 0. The Morgan fingerprint density at radius 1 is 1.10 bits per heavy atom. The van der Waals surface area contributed by atoms with E-state index < -0.39 is 0 Å². The van der Waals surface area contributed by atoms with Crippen LogP contribution < -0.4 is 10.9 Å². The number of para-hydroxylation sites is 3. The van der Waals surface area contributed by atoms with Crippen LogP contribution in [0.3, 0.4) is 0 Å². The molecule has 29 heavy (non-hydrogen) atoms. The van der Waals surface area contributed by atoms with E-state index in [-0.39, 0.29) is 22.9 Å². The van der Waals surface area contributed by atoms with Gasteiger partial charge in [-0.1, -0.05) is 24.3 Å². The van der Waals surface area contributed by atoms with Crippen LogP contribution in [0, 0.1) is 0 Å². The monoisotopic (exact) mass is 385 g/mol. The van der Waals surface area contributed by atoms with Crippen LogP contribution in [0.5, 0.6) is 5.75 Å². The highest BCUT2D eigenvalue weighted by atomic mass is 16.3. The van der Waals surface area contributed by atoms with E-state index in [4.69, 9.17) is 9.41 Å². The summed E-state index contributed by atoms with van der Waals surface area (Å²) in [5, 5.41) is 15.1. The molecule has 1 aliphatic rings. The molecule has 0 saturated carbocycles. The van der Waals surface area contributed by atoms with Gasteiger partial charge in [0.1, 0.15) is 17.1 Å². The number of benzene rings is 2. The van der Waals surface area contributed by atoms with Crippen molar-refractivity contribution in [1.29, 1.82) is 0 Å². The lowest BCUT2D eigenvalue weighted by atomic mass is 9.99. The maximum absolute atomic E-state index is 13.2. The smallest absolute Gasteiger partial charge is 0.263 e. The molecule has 5 rings (SSSR count). The summed E-state index contributed by atoms with van der Waals surface area (Å²) in [6.07, 6.45) is 2.01. The predicted molar refractivity (Wildman–Crippen MR) is 113 cm³/mol. The normalized spacial score (nSPS) is 16.0. The molecule has 3 heterocycles. The fourth-order valence-corrected chi connectivity index (χ4v) is 3.88. The van der Waals surface area contributed by atoms with Crippen LogP contribution in [0.2, 0.25) is 0 Å². The van der Waals surface area contributed by atoms with Gasteiger partial charge in [0.25, 0.3) is 5.56 Å².